The Hall–Kier alpha value is -7.63. The molecule has 2 aromatic heterocycles. The largest absolute Gasteiger partial charge is 0.355 e. The van der Waals surface area contributed by atoms with Crippen LogP contribution in [0.2, 0.25) is 0 Å². The Kier molecular flexibility index (Phi) is 10.4. The number of dihydropyridines is 1. The van der Waals surface area contributed by atoms with Gasteiger partial charge in [-0.2, -0.15) is 4.57 Å². The van der Waals surface area contributed by atoms with Crippen molar-refractivity contribution < 1.29 is 4.57 Å². The Bertz CT molecular complexity index is 3640. The van der Waals surface area contributed by atoms with Gasteiger partial charge in [0.05, 0.1) is 24.2 Å². The first kappa shape index (κ1) is 46.7. The van der Waals surface area contributed by atoms with Gasteiger partial charge in [0.2, 0.25) is 11.4 Å². The SMILES string of the molecule is CC1(C)C2=CC=NC3C2N(c2ccc(-c4ccc(-[n+]5cccc6c5C5NCCC7C5N6C5CNC(c6nc(-c8ccccc8)nc(-c8ccccc8)n6)NC5C7(C)C)cc4)cc21)c1ccc(-c2ccccc2)cc1C3(C)C. The van der Waals surface area contributed by atoms with Crippen molar-refractivity contribution in [3.63, 3.8) is 0 Å². The lowest BCUT2D eigenvalue weighted by molar-refractivity contribution is -0.605. The van der Waals surface area contributed by atoms with Crippen molar-refractivity contribution in [2.24, 2.45) is 16.3 Å². The molecule has 8 atom stereocenters. The van der Waals surface area contributed by atoms with E-state index in [9.17, 15) is 0 Å². The van der Waals surface area contributed by atoms with E-state index in [0.29, 0.717) is 23.6 Å². The molecule has 10 heteroatoms. The number of hydrogen-bond donors (Lipinski definition) is 3. The second-order valence-electron chi connectivity index (χ2n) is 24.2. The van der Waals surface area contributed by atoms with Crippen LogP contribution in [0.25, 0.3) is 50.7 Å². The molecule has 9 heterocycles. The van der Waals surface area contributed by atoms with E-state index in [4.69, 9.17) is 19.9 Å². The second kappa shape index (κ2) is 17.2. The summed E-state index contributed by atoms with van der Waals surface area (Å²) >= 11 is 0. The zero-order valence-electron chi connectivity index (χ0n) is 44.7. The first-order valence-corrected chi connectivity index (χ1v) is 27.9. The minimum atomic E-state index is -0.245. The fourth-order valence-corrected chi connectivity index (χ4v) is 15.3. The Labute approximate surface area is 452 Å². The van der Waals surface area contributed by atoms with Crippen LogP contribution in [0.4, 0.5) is 17.1 Å². The van der Waals surface area contributed by atoms with Crippen LogP contribution in [0.3, 0.4) is 0 Å². The summed E-state index contributed by atoms with van der Waals surface area (Å²) in [6.45, 7) is 16.4. The van der Waals surface area contributed by atoms with Crippen molar-refractivity contribution in [1.82, 2.24) is 30.9 Å². The predicted octanol–water partition coefficient (Wildman–Crippen LogP) is 11.8. The number of anilines is 3. The number of aliphatic imine (C=N–C) groups is 1. The molecule has 3 saturated heterocycles. The van der Waals surface area contributed by atoms with E-state index < -0.39 is 0 Å². The van der Waals surface area contributed by atoms with E-state index in [1.807, 2.05) is 36.4 Å². The Balaban J connectivity index is 0.756. The van der Waals surface area contributed by atoms with Crippen LogP contribution in [0.1, 0.15) is 82.8 Å². The summed E-state index contributed by atoms with van der Waals surface area (Å²) in [7, 11) is 0. The Morgan fingerprint density at radius 3 is 1.88 bits per heavy atom. The normalized spacial score (nSPS) is 26.3. The van der Waals surface area contributed by atoms with Gasteiger partial charge in [-0.15, -0.1) is 0 Å². The van der Waals surface area contributed by atoms with Crippen molar-refractivity contribution in [1.29, 1.82) is 0 Å². The molecule has 3 N–H and O–H groups in total. The van der Waals surface area contributed by atoms with Gasteiger partial charge in [0.25, 0.3) is 0 Å². The van der Waals surface area contributed by atoms with Crippen LogP contribution in [0, 0.1) is 11.3 Å². The van der Waals surface area contributed by atoms with Crippen molar-refractivity contribution in [2.45, 2.75) is 101 Å². The van der Waals surface area contributed by atoms with E-state index in [2.05, 4.69) is 218 Å². The summed E-state index contributed by atoms with van der Waals surface area (Å²) in [6, 6.07) is 60.6. The molecular formula is C67H65N10+. The minimum Gasteiger partial charge on any atom is -0.355 e. The van der Waals surface area contributed by atoms with Crippen LogP contribution in [-0.4, -0.2) is 64.5 Å². The van der Waals surface area contributed by atoms with Gasteiger partial charge in [-0.25, -0.2) is 15.0 Å². The quantitative estimate of drug-likeness (QED) is 0.142. The summed E-state index contributed by atoms with van der Waals surface area (Å²) in [5, 5.41) is 12.1. The summed E-state index contributed by atoms with van der Waals surface area (Å²) in [6.07, 6.45) is 7.54. The smallest absolute Gasteiger partial charge is 0.230 e. The summed E-state index contributed by atoms with van der Waals surface area (Å²) in [4.78, 5) is 26.0. The number of allylic oxidation sites excluding steroid dienone is 1. The number of nitrogens with one attached hydrogen (secondary N) is 3. The van der Waals surface area contributed by atoms with Gasteiger partial charge in [0.15, 0.2) is 23.7 Å². The molecule has 382 valence electrons. The number of pyridine rings is 1. The molecule has 10 nitrogen and oxygen atoms in total. The molecule has 77 heavy (non-hydrogen) atoms. The fourth-order valence-electron chi connectivity index (χ4n) is 15.3. The average molecular weight is 1010 g/mol. The maximum absolute atomic E-state index is 5.28. The van der Waals surface area contributed by atoms with Crippen LogP contribution >= 0.6 is 0 Å². The van der Waals surface area contributed by atoms with Gasteiger partial charge in [-0.1, -0.05) is 145 Å². The van der Waals surface area contributed by atoms with E-state index in [1.54, 1.807) is 0 Å². The van der Waals surface area contributed by atoms with Crippen molar-refractivity contribution in [3.8, 4) is 50.7 Å². The summed E-state index contributed by atoms with van der Waals surface area (Å²) < 4.78 is 2.47. The van der Waals surface area contributed by atoms with Gasteiger partial charge in [0.1, 0.15) is 17.9 Å². The standard InChI is InChI=1S/C67H65N10/c1-65(2)48-33-35-69-60-57(48)76(52-31-26-44(38-50(52)67(60,5)6)40-17-10-7-11-18-40)51-30-27-45(37-49(51)65)41-24-28-46(29-25-41)75-36-16-23-53-58(75)55-56-47(32-34-68-55)66(3,4)59-54(77(53)56)39-70-63(71-59)64-73-61(42-19-12-8-13-20-42)72-62(74-64)43-21-14-9-15-22-43/h7-31,33,35-38,47,54-57,59-60,63,68,70-71H,32,34,39H2,1-6H3/q+1. The molecular weight excluding hydrogens is 945 g/mol. The van der Waals surface area contributed by atoms with Crippen molar-refractivity contribution >= 4 is 23.3 Å². The highest BCUT2D eigenvalue weighted by atomic mass is 15.4. The summed E-state index contributed by atoms with van der Waals surface area (Å²) in [5.74, 6) is 2.53. The highest BCUT2D eigenvalue weighted by molar-refractivity contribution is 5.87. The monoisotopic (exact) mass is 1010 g/mol. The van der Waals surface area contributed by atoms with E-state index in [1.165, 1.54) is 67.4 Å². The molecule has 0 amide bonds. The van der Waals surface area contributed by atoms with Gasteiger partial charge in [0, 0.05) is 70.3 Å². The van der Waals surface area contributed by atoms with Gasteiger partial charge in [-0.3, -0.25) is 15.6 Å². The highest BCUT2D eigenvalue weighted by Crippen LogP contribution is 2.59. The Morgan fingerprint density at radius 2 is 1.21 bits per heavy atom. The number of fused-ring (bicyclic) bond motifs is 9. The number of benzene rings is 6. The van der Waals surface area contributed by atoms with E-state index in [-0.39, 0.29) is 52.6 Å². The molecule has 7 aliphatic heterocycles. The molecule has 8 unspecified atom stereocenters. The lowest BCUT2D eigenvalue weighted by Crippen LogP contribution is -2.75. The number of rotatable bonds is 6. The maximum atomic E-state index is 5.28. The number of piperidine rings is 2. The molecule has 3 fully saturated rings. The molecule has 0 aliphatic carbocycles. The molecule has 0 radical (unpaired) electrons. The highest BCUT2D eigenvalue weighted by Gasteiger charge is 2.63. The second-order valence-corrected chi connectivity index (χ2v) is 24.2. The first-order chi connectivity index (χ1) is 37.4. The molecule has 8 aromatic rings. The van der Waals surface area contributed by atoms with Crippen LogP contribution in [0.15, 0.2) is 187 Å². The van der Waals surface area contributed by atoms with Gasteiger partial charge in [-0.05, 0) is 112 Å². The molecule has 0 saturated carbocycles. The third kappa shape index (κ3) is 7.00. The molecule has 0 bridgehead atoms. The van der Waals surface area contributed by atoms with Crippen LogP contribution in [0.5, 0.6) is 0 Å². The zero-order chi connectivity index (χ0) is 52.0. The van der Waals surface area contributed by atoms with Crippen molar-refractivity contribution in [3.05, 3.63) is 204 Å². The lowest BCUT2D eigenvalue weighted by Gasteiger charge is -2.61. The van der Waals surface area contributed by atoms with Crippen LogP contribution < -0.4 is 30.3 Å². The van der Waals surface area contributed by atoms with Gasteiger partial charge < -0.3 is 15.1 Å². The summed E-state index contributed by atoms with van der Waals surface area (Å²) in [5.41, 5.74) is 17.0. The average Bonchev–Trinajstić information content (AvgIpc) is 4.11. The van der Waals surface area contributed by atoms with E-state index >= 15 is 0 Å². The zero-order valence-corrected chi connectivity index (χ0v) is 44.7. The predicted molar refractivity (Wildman–Crippen MR) is 309 cm³/mol. The number of nitrogens with zero attached hydrogens (tertiary/aromatic N) is 7. The van der Waals surface area contributed by atoms with Gasteiger partial charge >= 0.3 is 0 Å². The number of aromatic nitrogens is 4. The third-order valence-electron chi connectivity index (χ3n) is 19.2. The van der Waals surface area contributed by atoms with E-state index in [0.717, 1.165) is 36.5 Å². The topological polar surface area (TPSA) is 97.5 Å². The molecule has 6 aromatic carbocycles. The maximum Gasteiger partial charge on any atom is 0.230 e. The molecule has 0 spiro atoms. The molecule has 7 aliphatic rings. The third-order valence-corrected chi connectivity index (χ3v) is 19.2. The minimum absolute atomic E-state index is 0.0222. The number of hydrogen-bond acceptors (Lipinski definition) is 9. The van der Waals surface area contributed by atoms with Crippen LogP contribution in [-0.2, 0) is 10.8 Å². The first-order valence-electron chi connectivity index (χ1n) is 27.9. The van der Waals surface area contributed by atoms with Crippen molar-refractivity contribution in [2.75, 3.05) is 22.9 Å². The lowest BCUT2D eigenvalue weighted by atomic mass is 9.60. The fraction of sp³-hybridized carbons (Fsp3) is 0.299. The molecule has 15 rings (SSSR count). The Morgan fingerprint density at radius 1 is 0.597 bits per heavy atom.